The molecule has 3 N–H and O–H groups in total. The fourth-order valence-corrected chi connectivity index (χ4v) is 3.43. The van der Waals surface area contributed by atoms with E-state index in [2.05, 4.69) is 25.8 Å². The molecule has 1 unspecified atom stereocenters. The van der Waals surface area contributed by atoms with Crippen LogP contribution in [0.4, 0.5) is 10.5 Å². The molecule has 4 rings (SSSR count). The Kier molecular flexibility index (Phi) is 5.89. The minimum atomic E-state index is -0.497. The van der Waals surface area contributed by atoms with Crippen LogP contribution in [-0.4, -0.2) is 50.7 Å². The third-order valence-corrected chi connectivity index (χ3v) is 5.11. The third-order valence-electron chi connectivity index (χ3n) is 5.11. The molecule has 2 aromatic heterocycles. The maximum atomic E-state index is 12.8. The van der Waals surface area contributed by atoms with Crippen LogP contribution in [0.1, 0.15) is 23.3 Å². The van der Waals surface area contributed by atoms with Crippen LogP contribution in [-0.2, 0) is 11.3 Å². The minimum Gasteiger partial charge on any atom is -0.347 e. The molecule has 0 saturated carbocycles. The first-order chi connectivity index (χ1) is 15.4. The number of aromatic nitrogens is 4. The molecule has 0 aliphatic carbocycles. The highest BCUT2D eigenvalue weighted by Gasteiger charge is 2.21. The van der Waals surface area contributed by atoms with Crippen molar-refractivity contribution < 1.29 is 9.59 Å². The van der Waals surface area contributed by atoms with Crippen molar-refractivity contribution in [3.05, 3.63) is 78.0 Å². The highest BCUT2D eigenvalue weighted by Crippen LogP contribution is 2.22. The van der Waals surface area contributed by atoms with Crippen LogP contribution in [0.2, 0.25) is 0 Å². The number of aromatic amines is 1. The van der Waals surface area contributed by atoms with E-state index in [1.807, 2.05) is 72.3 Å². The number of rotatable bonds is 6. The molecule has 32 heavy (non-hydrogen) atoms. The van der Waals surface area contributed by atoms with Gasteiger partial charge in [0.05, 0.1) is 0 Å². The number of aryl methyl sites for hydroxylation is 1. The number of nitrogens with zero attached hydrogens (tertiary/aromatic N) is 4. The lowest BCUT2D eigenvalue weighted by Gasteiger charge is -2.17. The molecule has 9 heteroatoms. The summed E-state index contributed by atoms with van der Waals surface area (Å²) in [4.78, 5) is 30.8. The highest BCUT2D eigenvalue weighted by molar-refractivity contribution is 5.93. The van der Waals surface area contributed by atoms with E-state index in [-0.39, 0.29) is 18.5 Å². The van der Waals surface area contributed by atoms with Crippen LogP contribution >= 0.6 is 0 Å². The molecule has 0 saturated heterocycles. The molecule has 0 fully saturated rings. The van der Waals surface area contributed by atoms with Crippen LogP contribution < -0.4 is 10.6 Å². The lowest BCUT2D eigenvalue weighted by atomic mass is 10.1. The number of hydrogen-bond donors (Lipinski definition) is 3. The zero-order valence-corrected chi connectivity index (χ0v) is 18.2. The maximum absolute atomic E-state index is 12.8. The second-order valence-corrected chi connectivity index (χ2v) is 7.73. The van der Waals surface area contributed by atoms with Crippen LogP contribution in [0.25, 0.3) is 10.9 Å². The van der Waals surface area contributed by atoms with Gasteiger partial charge in [-0.3, -0.25) is 9.89 Å². The summed E-state index contributed by atoms with van der Waals surface area (Å²) >= 11 is 0. The fourth-order valence-electron chi connectivity index (χ4n) is 3.43. The summed E-state index contributed by atoms with van der Waals surface area (Å²) in [6, 6.07) is 16.2. The SMILES string of the molecule is Cc1nc(C(NC(=O)Nc2ccc3c(ccn3CC(=O)N(C)C)c2)c2ccccc2)n[nH]1. The minimum absolute atomic E-state index is 0.0123. The number of anilines is 1. The van der Waals surface area contributed by atoms with Crippen molar-refractivity contribution in [2.45, 2.75) is 19.5 Å². The van der Waals surface area contributed by atoms with Gasteiger partial charge in [0.25, 0.3) is 0 Å². The summed E-state index contributed by atoms with van der Waals surface area (Å²) in [5, 5.41) is 13.8. The van der Waals surface area contributed by atoms with Gasteiger partial charge in [0.15, 0.2) is 5.82 Å². The smallest absolute Gasteiger partial charge is 0.320 e. The van der Waals surface area contributed by atoms with E-state index in [0.29, 0.717) is 17.3 Å². The second-order valence-electron chi connectivity index (χ2n) is 7.73. The molecule has 164 valence electrons. The number of H-pyrrole nitrogens is 1. The van der Waals surface area contributed by atoms with E-state index in [9.17, 15) is 9.59 Å². The van der Waals surface area contributed by atoms with E-state index in [1.54, 1.807) is 19.0 Å². The molecule has 2 aromatic carbocycles. The Morgan fingerprint density at radius 3 is 2.59 bits per heavy atom. The zero-order valence-electron chi connectivity index (χ0n) is 18.2. The number of fused-ring (bicyclic) bond motifs is 1. The number of urea groups is 1. The monoisotopic (exact) mass is 431 g/mol. The van der Waals surface area contributed by atoms with E-state index >= 15 is 0 Å². The number of likely N-dealkylation sites (N-methyl/N-ethyl adjacent to an activating group) is 1. The Bertz CT molecular complexity index is 1240. The van der Waals surface area contributed by atoms with Crippen LogP contribution in [0, 0.1) is 6.92 Å². The summed E-state index contributed by atoms with van der Waals surface area (Å²) in [6.07, 6.45) is 1.87. The molecule has 0 radical (unpaired) electrons. The Hall–Kier alpha value is -4.14. The number of carbonyl (C=O) groups excluding carboxylic acids is 2. The molecule has 3 amide bonds. The van der Waals surface area contributed by atoms with Gasteiger partial charge in [0.1, 0.15) is 18.4 Å². The van der Waals surface area contributed by atoms with Gasteiger partial charge < -0.3 is 20.1 Å². The Balaban J connectivity index is 1.50. The van der Waals surface area contributed by atoms with Gasteiger partial charge in [-0.15, -0.1) is 0 Å². The molecule has 4 aromatic rings. The lowest BCUT2D eigenvalue weighted by molar-refractivity contribution is -0.129. The lowest BCUT2D eigenvalue weighted by Crippen LogP contribution is -2.33. The number of nitrogens with one attached hydrogen (secondary N) is 3. The van der Waals surface area contributed by atoms with Crippen molar-refractivity contribution in [3.8, 4) is 0 Å². The van der Waals surface area contributed by atoms with E-state index < -0.39 is 6.04 Å². The van der Waals surface area contributed by atoms with Gasteiger partial charge in [0.2, 0.25) is 5.91 Å². The summed E-state index contributed by atoms with van der Waals surface area (Å²) in [5.74, 6) is 1.17. The van der Waals surface area contributed by atoms with Gasteiger partial charge in [0, 0.05) is 36.9 Å². The van der Waals surface area contributed by atoms with Crippen molar-refractivity contribution >= 4 is 28.5 Å². The molecule has 9 nitrogen and oxygen atoms in total. The van der Waals surface area contributed by atoms with E-state index in [4.69, 9.17) is 0 Å². The quantitative estimate of drug-likeness (QED) is 0.436. The van der Waals surface area contributed by atoms with Gasteiger partial charge in [-0.25, -0.2) is 9.78 Å². The average Bonchev–Trinajstić information content (AvgIpc) is 3.38. The topological polar surface area (TPSA) is 108 Å². The first-order valence-corrected chi connectivity index (χ1v) is 10.2. The number of amides is 3. The normalized spacial score (nSPS) is 11.8. The van der Waals surface area contributed by atoms with Crippen molar-refractivity contribution in [2.75, 3.05) is 19.4 Å². The van der Waals surface area contributed by atoms with Crippen molar-refractivity contribution in [2.24, 2.45) is 0 Å². The van der Waals surface area contributed by atoms with Crippen molar-refractivity contribution in [1.29, 1.82) is 0 Å². The van der Waals surface area contributed by atoms with Gasteiger partial charge >= 0.3 is 6.03 Å². The molecular formula is C23H25N7O2. The summed E-state index contributed by atoms with van der Waals surface area (Å²) < 4.78 is 1.89. The predicted octanol–water partition coefficient (Wildman–Crippen LogP) is 3.07. The largest absolute Gasteiger partial charge is 0.347 e. The second kappa shape index (κ2) is 8.93. The van der Waals surface area contributed by atoms with Crippen molar-refractivity contribution in [3.63, 3.8) is 0 Å². The van der Waals surface area contributed by atoms with Gasteiger partial charge in [-0.05, 0) is 36.8 Å². The molecular weight excluding hydrogens is 406 g/mol. The van der Waals surface area contributed by atoms with E-state index in [1.165, 1.54) is 0 Å². The molecule has 0 aliphatic heterocycles. The summed E-state index contributed by atoms with van der Waals surface area (Å²) in [5.41, 5.74) is 2.44. The molecule has 2 heterocycles. The zero-order chi connectivity index (χ0) is 22.7. The molecule has 1 atom stereocenters. The standard InChI is InChI=1S/C23H25N7O2/c1-15-24-22(28-27-15)21(16-7-5-4-6-8-16)26-23(32)25-18-9-10-19-17(13-18)11-12-30(19)14-20(31)29(2)3/h4-13,21H,14H2,1-3H3,(H,24,27,28)(H2,25,26,32). The molecule has 0 spiro atoms. The Morgan fingerprint density at radius 2 is 1.91 bits per heavy atom. The number of hydrogen-bond acceptors (Lipinski definition) is 4. The van der Waals surface area contributed by atoms with Gasteiger partial charge in [-0.2, -0.15) is 5.10 Å². The predicted molar refractivity (Wildman–Crippen MR) is 122 cm³/mol. The molecule has 0 aliphatic rings. The summed E-state index contributed by atoms with van der Waals surface area (Å²) in [7, 11) is 3.47. The highest BCUT2D eigenvalue weighted by atomic mass is 16.2. The van der Waals surface area contributed by atoms with Crippen LogP contribution in [0.15, 0.2) is 60.8 Å². The molecule has 0 bridgehead atoms. The number of carbonyl (C=O) groups is 2. The van der Waals surface area contributed by atoms with Crippen LogP contribution in [0.3, 0.4) is 0 Å². The van der Waals surface area contributed by atoms with E-state index in [0.717, 1.165) is 16.5 Å². The maximum Gasteiger partial charge on any atom is 0.320 e. The first kappa shape index (κ1) is 21.1. The summed E-state index contributed by atoms with van der Waals surface area (Å²) in [6.45, 7) is 2.07. The van der Waals surface area contributed by atoms with Gasteiger partial charge in [-0.1, -0.05) is 30.3 Å². The Labute approximate surface area is 185 Å². The third kappa shape index (κ3) is 4.61. The van der Waals surface area contributed by atoms with Crippen LogP contribution in [0.5, 0.6) is 0 Å². The first-order valence-electron chi connectivity index (χ1n) is 10.2. The average molecular weight is 432 g/mol. The Morgan fingerprint density at radius 1 is 1.12 bits per heavy atom. The fraction of sp³-hybridized carbons (Fsp3) is 0.217. The number of benzene rings is 2. The van der Waals surface area contributed by atoms with Crippen molar-refractivity contribution in [1.82, 2.24) is 30.0 Å².